The number of rotatable bonds is 5. The third kappa shape index (κ3) is 6.06. The fourth-order valence-electron chi connectivity index (χ4n) is 1.34. The van der Waals surface area contributed by atoms with Crippen LogP contribution >= 0.6 is 11.8 Å². The standard InChI is InChI=1S/C13H14F4N2O3S/c1-12(22,13(15,16)17)6-10(20)18-19-11(21)7-23-9-5-3-2-4-8(9)14/h2-5,22H,6-7H2,1H3,(H,18,20)(H,19,21)/t12-/m1/s1. The highest BCUT2D eigenvalue weighted by atomic mass is 32.2. The van der Waals surface area contributed by atoms with Gasteiger partial charge in [0.05, 0.1) is 12.2 Å². The predicted octanol–water partition coefficient (Wildman–Crippen LogP) is 1.77. The molecule has 0 radical (unpaired) electrons. The Morgan fingerprint density at radius 2 is 1.74 bits per heavy atom. The van der Waals surface area contributed by atoms with E-state index in [1.807, 2.05) is 5.43 Å². The highest BCUT2D eigenvalue weighted by Gasteiger charge is 2.51. The molecule has 128 valence electrons. The molecule has 1 atom stereocenters. The molecule has 0 heterocycles. The molecule has 0 saturated carbocycles. The van der Waals surface area contributed by atoms with Crippen molar-refractivity contribution in [1.82, 2.24) is 10.9 Å². The number of carbonyl (C=O) groups excluding carboxylic acids is 2. The van der Waals surface area contributed by atoms with Crippen molar-refractivity contribution >= 4 is 23.6 Å². The Morgan fingerprint density at radius 1 is 1.17 bits per heavy atom. The van der Waals surface area contributed by atoms with Crippen molar-refractivity contribution in [2.24, 2.45) is 0 Å². The molecule has 0 aromatic heterocycles. The van der Waals surface area contributed by atoms with Gasteiger partial charge in [-0.3, -0.25) is 20.4 Å². The molecule has 0 aliphatic heterocycles. The van der Waals surface area contributed by atoms with E-state index < -0.39 is 35.8 Å². The summed E-state index contributed by atoms with van der Waals surface area (Å²) in [4.78, 5) is 22.9. The highest BCUT2D eigenvalue weighted by molar-refractivity contribution is 8.00. The van der Waals surface area contributed by atoms with Crippen molar-refractivity contribution < 1.29 is 32.3 Å². The molecule has 1 aromatic rings. The second kappa shape index (κ2) is 7.64. The molecule has 1 rings (SSSR count). The van der Waals surface area contributed by atoms with Gasteiger partial charge in [-0.05, 0) is 19.1 Å². The Hall–Kier alpha value is -1.81. The molecule has 10 heteroatoms. The van der Waals surface area contributed by atoms with Gasteiger partial charge >= 0.3 is 6.18 Å². The van der Waals surface area contributed by atoms with Gasteiger partial charge in [0.1, 0.15) is 5.82 Å². The molecular weight excluding hydrogens is 340 g/mol. The molecule has 2 amide bonds. The maximum atomic E-state index is 13.3. The van der Waals surface area contributed by atoms with Crippen molar-refractivity contribution in [2.75, 3.05) is 5.75 Å². The summed E-state index contributed by atoms with van der Waals surface area (Å²) in [6.07, 6.45) is -6.24. The van der Waals surface area contributed by atoms with Crippen LogP contribution in [0.5, 0.6) is 0 Å². The van der Waals surface area contributed by atoms with Gasteiger partial charge in [-0.25, -0.2) is 4.39 Å². The number of thioether (sulfide) groups is 1. The number of hydrogen-bond acceptors (Lipinski definition) is 4. The van der Waals surface area contributed by atoms with E-state index in [9.17, 15) is 27.2 Å². The lowest BCUT2D eigenvalue weighted by Crippen LogP contribution is -2.49. The minimum absolute atomic E-state index is 0.217. The summed E-state index contributed by atoms with van der Waals surface area (Å²) >= 11 is 0.856. The second-order valence-corrected chi connectivity index (χ2v) is 5.78. The zero-order chi connectivity index (χ0) is 17.7. The van der Waals surface area contributed by atoms with E-state index in [1.54, 1.807) is 11.5 Å². The molecule has 0 bridgehead atoms. The third-order valence-electron chi connectivity index (χ3n) is 2.65. The Balaban J connectivity index is 2.39. The Morgan fingerprint density at radius 3 is 2.30 bits per heavy atom. The van der Waals surface area contributed by atoms with Crippen LogP contribution in [0.3, 0.4) is 0 Å². The molecule has 3 N–H and O–H groups in total. The molecule has 0 fully saturated rings. The SMILES string of the molecule is C[C@@](O)(CC(=O)NNC(=O)CSc1ccccc1F)C(F)(F)F. The maximum absolute atomic E-state index is 13.3. The number of hydrogen-bond donors (Lipinski definition) is 3. The monoisotopic (exact) mass is 354 g/mol. The minimum Gasteiger partial charge on any atom is -0.380 e. The van der Waals surface area contributed by atoms with Gasteiger partial charge in [0.15, 0.2) is 5.60 Å². The van der Waals surface area contributed by atoms with E-state index in [1.165, 1.54) is 18.2 Å². The fraction of sp³-hybridized carbons (Fsp3) is 0.385. The summed E-state index contributed by atoms with van der Waals surface area (Å²) in [5.74, 6) is -2.72. The molecule has 23 heavy (non-hydrogen) atoms. The Labute approximate surface area is 133 Å². The lowest BCUT2D eigenvalue weighted by molar-refractivity contribution is -0.253. The smallest absolute Gasteiger partial charge is 0.380 e. The largest absolute Gasteiger partial charge is 0.417 e. The Bertz CT molecular complexity index is 579. The summed E-state index contributed by atoms with van der Waals surface area (Å²) in [5, 5.41) is 9.12. The van der Waals surface area contributed by atoms with Crippen LogP contribution in [0.25, 0.3) is 0 Å². The molecule has 0 saturated heterocycles. The first-order valence-electron chi connectivity index (χ1n) is 6.27. The summed E-state index contributed by atoms with van der Waals surface area (Å²) < 4.78 is 50.4. The predicted molar refractivity (Wildman–Crippen MR) is 74.7 cm³/mol. The van der Waals surface area contributed by atoms with Crippen molar-refractivity contribution in [3.8, 4) is 0 Å². The summed E-state index contributed by atoms with van der Waals surface area (Å²) in [5.41, 5.74) is 0.437. The quantitative estimate of drug-likeness (QED) is 0.428. The number of amides is 2. The van der Waals surface area contributed by atoms with Gasteiger partial charge < -0.3 is 5.11 Å². The first kappa shape index (κ1) is 19.2. The lowest BCUT2D eigenvalue weighted by atomic mass is 10.0. The number of benzene rings is 1. The molecule has 0 aliphatic carbocycles. The normalized spacial score (nSPS) is 14.0. The van der Waals surface area contributed by atoms with E-state index in [2.05, 4.69) is 0 Å². The Kier molecular flexibility index (Phi) is 6.39. The van der Waals surface area contributed by atoms with Crippen LogP contribution in [0.1, 0.15) is 13.3 Å². The van der Waals surface area contributed by atoms with Crippen molar-refractivity contribution in [3.63, 3.8) is 0 Å². The van der Waals surface area contributed by atoms with E-state index >= 15 is 0 Å². The number of alkyl halides is 3. The second-order valence-electron chi connectivity index (χ2n) is 4.76. The average Bonchev–Trinajstić information content (AvgIpc) is 2.42. The molecule has 0 aliphatic rings. The zero-order valence-corrected chi connectivity index (χ0v) is 12.7. The molecule has 5 nitrogen and oxygen atoms in total. The molecule has 0 unspecified atom stereocenters. The molecule has 0 spiro atoms. The van der Waals surface area contributed by atoms with Crippen molar-refractivity contribution in [3.05, 3.63) is 30.1 Å². The number of nitrogens with one attached hydrogen (secondary N) is 2. The zero-order valence-electron chi connectivity index (χ0n) is 11.9. The van der Waals surface area contributed by atoms with Crippen LogP contribution in [0.2, 0.25) is 0 Å². The van der Waals surface area contributed by atoms with E-state index in [4.69, 9.17) is 5.11 Å². The average molecular weight is 354 g/mol. The first-order valence-corrected chi connectivity index (χ1v) is 7.25. The number of halogens is 4. The van der Waals surface area contributed by atoms with Crippen LogP contribution in [-0.2, 0) is 9.59 Å². The minimum atomic E-state index is -4.98. The van der Waals surface area contributed by atoms with Crippen molar-refractivity contribution in [1.29, 1.82) is 0 Å². The van der Waals surface area contributed by atoms with E-state index in [0.717, 1.165) is 11.8 Å². The van der Waals surface area contributed by atoms with Gasteiger partial charge in [-0.1, -0.05) is 12.1 Å². The number of hydrazine groups is 1. The van der Waals surface area contributed by atoms with Gasteiger partial charge in [0.25, 0.3) is 0 Å². The van der Waals surface area contributed by atoms with E-state index in [0.29, 0.717) is 6.92 Å². The van der Waals surface area contributed by atoms with Crippen LogP contribution in [0, 0.1) is 5.82 Å². The van der Waals surface area contributed by atoms with Crippen LogP contribution in [0.4, 0.5) is 17.6 Å². The molecular formula is C13H14F4N2O3S. The first-order chi connectivity index (χ1) is 10.5. The van der Waals surface area contributed by atoms with E-state index in [-0.39, 0.29) is 10.6 Å². The topological polar surface area (TPSA) is 78.4 Å². The summed E-state index contributed by atoms with van der Waals surface area (Å²) in [6, 6.07) is 5.71. The summed E-state index contributed by atoms with van der Waals surface area (Å²) in [6.45, 7) is 0.447. The van der Waals surface area contributed by atoms with Crippen molar-refractivity contribution in [2.45, 2.75) is 30.0 Å². The van der Waals surface area contributed by atoms with Gasteiger partial charge in [-0.15, -0.1) is 11.8 Å². The highest BCUT2D eigenvalue weighted by Crippen LogP contribution is 2.32. The summed E-state index contributed by atoms with van der Waals surface area (Å²) in [7, 11) is 0. The van der Waals surface area contributed by atoms with Gasteiger partial charge in [0, 0.05) is 4.90 Å². The van der Waals surface area contributed by atoms with Crippen LogP contribution in [-0.4, -0.2) is 34.5 Å². The molecule has 1 aromatic carbocycles. The van der Waals surface area contributed by atoms with Crippen LogP contribution in [0.15, 0.2) is 29.2 Å². The van der Waals surface area contributed by atoms with Crippen LogP contribution < -0.4 is 10.9 Å². The fourth-order valence-corrected chi connectivity index (χ4v) is 2.08. The lowest BCUT2D eigenvalue weighted by Gasteiger charge is -2.25. The third-order valence-corrected chi connectivity index (χ3v) is 3.70. The number of carbonyl (C=O) groups is 2. The number of aliphatic hydroxyl groups is 1. The maximum Gasteiger partial charge on any atom is 0.417 e. The van der Waals surface area contributed by atoms with Gasteiger partial charge in [-0.2, -0.15) is 13.2 Å². The van der Waals surface area contributed by atoms with Gasteiger partial charge in [0.2, 0.25) is 11.8 Å².